The van der Waals surface area contributed by atoms with E-state index in [1.54, 1.807) is 6.20 Å². The smallest absolute Gasteiger partial charge is 0.239 e. The minimum absolute atomic E-state index is 0.155. The highest BCUT2D eigenvalue weighted by Crippen LogP contribution is 2.05. The zero-order chi connectivity index (χ0) is 13.5. The van der Waals surface area contributed by atoms with Gasteiger partial charge in [0, 0.05) is 32.0 Å². The van der Waals surface area contributed by atoms with Crippen LogP contribution in [0.15, 0.2) is 18.5 Å². The minimum Gasteiger partial charge on any atom is -0.342 e. The van der Waals surface area contributed by atoms with E-state index in [4.69, 9.17) is 0 Å². The summed E-state index contributed by atoms with van der Waals surface area (Å²) in [7, 11) is 0. The SMILES string of the molecule is CCN(CC)C(=O)C(C)NCc1ccncc1C. The minimum atomic E-state index is -0.155. The lowest BCUT2D eigenvalue weighted by molar-refractivity contribution is -0.132. The molecule has 1 aromatic heterocycles. The Balaban J connectivity index is 2.53. The molecule has 1 atom stereocenters. The lowest BCUT2D eigenvalue weighted by atomic mass is 10.1. The summed E-state index contributed by atoms with van der Waals surface area (Å²) in [4.78, 5) is 18.0. The Morgan fingerprint density at radius 1 is 1.44 bits per heavy atom. The van der Waals surface area contributed by atoms with Crippen LogP contribution in [0, 0.1) is 6.92 Å². The molecule has 0 radical (unpaired) electrons. The summed E-state index contributed by atoms with van der Waals surface area (Å²) in [5, 5.41) is 3.27. The molecule has 18 heavy (non-hydrogen) atoms. The zero-order valence-corrected chi connectivity index (χ0v) is 11.7. The first-order valence-electron chi connectivity index (χ1n) is 6.51. The van der Waals surface area contributed by atoms with Gasteiger partial charge in [0.2, 0.25) is 5.91 Å². The Hall–Kier alpha value is -1.42. The quantitative estimate of drug-likeness (QED) is 0.835. The Bertz CT molecular complexity index is 388. The van der Waals surface area contributed by atoms with Gasteiger partial charge in [0.1, 0.15) is 0 Å². The average molecular weight is 249 g/mol. The van der Waals surface area contributed by atoms with Gasteiger partial charge >= 0.3 is 0 Å². The summed E-state index contributed by atoms with van der Waals surface area (Å²) in [5.41, 5.74) is 2.33. The number of hydrogen-bond donors (Lipinski definition) is 1. The van der Waals surface area contributed by atoms with E-state index >= 15 is 0 Å². The van der Waals surface area contributed by atoms with Crippen LogP contribution < -0.4 is 5.32 Å². The van der Waals surface area contributed by atoms with Crippen molar-refractivity contribution in [1.82, 2.24) is 15.2 Å². The summed E-state index contributed by atoms with van der Waals surface area (Å²) in [6.07, 6.45) is 3.62. The van der Waals surface area contributed by atoms with E-state index in [-0.39, 0.29) is 11.9 Å². The van der Waals surface area contributed by atoms with Crippen molar-refractivity contribution in [3.63, 3.8) is 0 Å². The average Bonchev–Trinajstić information content (AvgIpc) is 2.38. The van der Waals surface area contributed by atoms with Gasteiger partial charge in [0.25, 0.3) is 0 Å². The van der Waals surface area contributed by atoms with Crippen molar-refractivity contribution in [2.24, 2.45) is 0 Å². The highest BCUT2D eigenvalue weighted by Gasteiger charge is 2.17. The Morgan fingerprint density at radius 3 is 2.67 bits per heavy atom. The number of nitrogens with one attached hydrogen (secondary N) is 1. The molecule has 1 heterocycles. The highest BCUT2D eigenvalue weighted by molar-refractivity contribution is 5.81. The number of hydrogen-bond acceptors (Lipinski definition) is 3. The fraction of sp³-hybridized carbons (Fsp3) is 0.571. The molecule has 0 aliphatic rings. The number of aromatic nitrogens is 1. The topological polar surface area (TPSA) is 45.2 Å². The molecule has 4 heteroatoms. The number of aryl methyl sites for hydroxylation is 1. The van der Waals surface area contributed by atoms with Crippen LogP contribution >= 0.6 is 0 Å². The predicted octanol–water partition coefficient (Wildman–Crippen LogP) is 1.74. The highest BCUT2D eigenvalue weighted by atomic mass is 16.2. The number of pyridine rings is 1. The normalized spacial score (nSPS) is 12.2. The monoisotopic (exact) mass is 249 g/mol. The Morgan fingerprint density at radius 2 is 2.11 bits per heavy atom. The van der Waals surface area contributed by atoms with Crippen LogP contribution in [-0.2, 0) is 11.3 Å². The largest absolute Gasteiger partial charge is 0.342 e. The van der Waals surface area contributed by atoms with Gasteiger partial charge in [-0.25, -0.2) is 0 Å². The fourth-order valence-electron chi connectivity index (χ4n) is 1.86. The maximum Gasteiger partial charge on any atom is 0.239 e. The van der Waals surface area contributed by atoms with E-state index < -0.39 is 0 Å². The van der Waals surface area contributed by atoms with E-state index in [1.165, 1.54) is 5.56 Å². The molecule has 0 aromatic carbocycles. The number of likely N-dealkylation sites (N-methyl/N-ethyl adjacent to an activating group) is 1. The molecule has 0 fully saturated rings. The van der Waals surface area contributed by atoms with Crippen molar-refractivity contribution in [2.45, 2.75) is 40.3 Å². The zero-order valence-electron chi connectivity index (χ0n) is 11.7. The first-order valence-corrected chi connectivity index (χ1v) is 6.51. The van der Waals surface area contributed by atoms with E-state index in [9.17, 15) is 4.79 Å². The molecule has 1 aromatic rings. The van der Waals surface area contributed by atoms with Crippen LogP contribution in [0.25, 0.3) is 0 Å². The maximum absolute atomic E-state index is 12.1. The number of amides is 1. The molecular weight excluding hydrogens is 226 g/mol. The van der Waals surface area contributed by atoms with Crippen LogP contribution in [-0.4, -0.2) is 34.9 Å². The standard InChI is InChI=1S/C14H23N3O/c1-5-17(6-2)14(18)12(4)16-10-13-7-8-15-9-11(13)3/h7-9,12,16H,5-6,10H2,1-4H3. The molecule has 100 valence electrons. The summed E-state index contributed by atoms with van der Waals surface area (Å²) in [6.45, 7) is 10.2. The van der Waals surface area contributed by atoms with Gasteiger partial charge in [-0.2, -0.15) is 0 Å². The van der Waals surface area contributed by atoms with Gasteiger partial charge in [0.05, 0.1) is 6.04 Å². The first kappa shape index (κ1) is 14.6. The van der Waals surface area contributed by atoms with Crippen molar-refractivity contribution in [3.8, 4) is 0 Å². The van der Waals surface area contributed by atoms with E-state index in [2.05, 4.69) is 10.3 Å². The number of rotatable bonds is 6. The molecule has 1 N–H and O–H groups in total. The van der Waals surface area contributed by atoms with Crippen molar-refractivity contribution < 1.29 is 4.79 Å². The second-order valence-electron chi connectivity index (χ2n) is 4.42. The molecule has 1 rings (SSSR count). The molecule has 0 bridgehead atoms. The second-order valence-corrected chi connectivity index (χ2v) is 4.42. The van der Waals surface area contributed by atoms with E-state index in [0.29, 0.717) is 6.54 Å². The van der Waals surface area contributed by atoms with Gasteiger partial charge in [-0.05, 0) is 44.9 Å². The predicted molar refractivity (Wildman–Crippen MR) is 73.2 cm³/mol. The van der Waals surface area contributed by atoms with Gasteiger partial charge in [-0.1, -0.05) is 0 Å². The van der Waals surface area contributed by atoms with Crippen LogP contribution in [0.2, 0.25) is 0 Å². The summed E-state index contributed by atoms with van der Waals surface area (Å²) in [5.74, 6) is 0.159. The van der Waals surface area contributed by atoms with Crippen molar-refractivity contribution in [2.75, 3.05) is 13.1 Å². The van der Waals surface area contributed by atoms with E-state index in [1.807, 2.05) is 44.9 Å². The number of carbonyl (C=O) groups is 1. The molecule has 4 nitrogen and oxygen atoms in total. The van der Waals surface area contributed by atoms with Crippen molar-refractivity contribution in [3.05, 3.63) is 29.6 Å². The van der Waals surface area contributed by atoms with Crippen LogP contribution in [0.5, 0.6) is 0 Å². The third kappa shape index (κ3) is 3.81. The number of carbonyl (C=O) groups excluding carboxylic acids is 1. The molecule has 0 aliphatic carbocycles. The van der Waals surface area contributed by atoms with Gasteiger partial charge < -0.3 is 10.2 Å². The van der Waals surface area contributed by atoms with E-state index in [0.717, 1.165) is 18.7 Å². The summed E-state index contributed by atoms with van der Waals surface area (Å²) >= 11 is 0. The lowest BCUT2D eigenvalue weighted by Gasteiger charge is -2.23. The molecule has 0 saturated carbocycles. The first-order chi connectivity index (χ1) is 8.60. The third-order valence-electron chi connectivity index (χ3n) is 3.18. The molecule has 0 aliphatic heterocycles. The molecule has 0 saturated heterocycles. The van der Waals surface area contributed by atoms with Gasteiger partial charge in [-0.3, -0.25) is 9.78 Å². The molecule has 1 unspecified atom stereocenters. The van der Waals surface area contributed by atoms with Crippen LogP contribution in [0.1, 0.15) is 31.9 Å². The van der Waals surface area contributed by atoms with Crippen LogP contribution in [0.4, 0.5) is 0 Å². The lowest BCUT2D eigenvalue weighted by Crippen LogP contribution is -2.44. The number of nitrogens with zero attached hydrogens (tertiary/aromatic N) is 2. The van der Waals surface area contributed by atoms with Gasteiger partial charge in [-0.15, -0.1) is 0 Å². The maximum atomic E-state index is 12.1. The summed E-state index contributed by atoms with van der Waals surface area (Å²) in [6, 6.07) is 1.83. The third-order valence-corrected chi connectivity index (χ3v) is 3.18. The van der Waals surface area contributed by atoms with Gasteiger partial charge in [0.15, 0.2) is 0 Å². The Labute approximate surface area is 109 Å². The summed E-state index contributed by atoms with van der Waals surface area (Å²) < 4.78 is 0. The fourth-order valence-corrected chi connectivity index (χ4v) is 1.86. The Kier molecular flexibility index (Phi) is 5.78. The molecule has 1 amide bonds. The van der Waals surface area contributed by atoms with Crippen molar-refractivity contribution in [1.29, 1.82) is 0 Å². The molecular formula is C14H23N3O. The van der Waals surface area contributed by atoms with Crippen molar-refractivity contribution >= 4 is 5.91 Å². The molecule has 0 spiro atoms. The van der Waals surface area contributed by atoms with Crippen LogP contribution in [0.3, 0.4) is 0 Å². The second kappa shape index (κ2) is 7.11.